The van der Waals surface area contributed by atoms with Crippen LogP contribution in [0.25, 0.3) is 11.0 Å². The van der Waals surface area contributed by atoms with Crippen LogP contribution in [0.4, 0.5) is 0 Å². The Morgan fingerprint density at radius 1 is 1.24 bits per heavy atom. The highest BCUT2D eigenvalue weighted by Gasteiger charge is 2.17. The van der Waals surface area contributed by atoms with E-state index in [1.165, 1.54) is 16.8 Å². The molecule has 4 rings (SSSR count). The maximum Gasteiger partial charge on any atom is 0.108 e. The van der Waals surface area contributed by atoms with Crippen LogP contribution >= 0.6 is 0 Å². The lowest BCUT2D eigenvalue weighted by molar-refractivity contribution is 0.268. The Morgan fingerprint density at radius 3 is 2.96 bits per heavy atom. The van der Waals surface area contributed by atoms with Gasteiger partial charge in [-0.1, -0.05) is 6.07 Å². The van der Waals surface area contributed by atoms with Gasteiger partial charge in [-0.15, -0.1) is 0 Å². The maximum atomic E-state index is 9.28. The van der Waals surface area contributed by atoms with Crippen molar-refractivity contribution in [2.24, 2.45) is 0 Å². The van der Waals surface area contributed by atoms with Crippen molar-refractivity contribution in [3.63, 3.8) is 0 Å². The van der Waals surface area contributed by atoms with Gasteiger partial charge in [-0.3, -0.25) is 9.58 Å². The van der Waals surface area contributed by atoms with Crippen LogP contribution in [-0.2, 0) is 26.1 Å². The van der Waals surface area contributed by atoms with Crippen molar-refractivity contribution in [2.45, 2.75) is 46.4 Å². The molecule has 6 nitrogen and oxygen atoms in total. The molecule has 1 aliphatic heterocycles. The molecular formula is C19H25N5O. The summed E-state index contributed by atoms with van der Waals surface area (Å²) < 4.78 is 2.04. The van der Waals surface area contributed by atoms with Gasteiger partial charge in [0.2, 0.25) is 0 Å². The summed E-state index contributed by atoms with van der Waals surface area (Å²) in [5.74, 6) is 1.05. The highest BCUT2D eigenvalue weighted by molar-refractivity contribution is 5.79. The van der Waals surface area contributed by atoms with Gasteiger partial charge >= 0.3 is 0 Å². The van der Waals surface area contributed by atoms with Crippen LogP contribution < -0.4 is 0 Å². The molecule has 132 valence electrons. The molecule has 0 atom stereocenters. The fourth-order valence-electron chi connectivity index (χ4n) is 3.60. The van der Waals surface area contributed by atoms with E-state index in [4.69, 9.17) is 4.98 Å². The number of aliphatic hydroxyl groups excluding tert-OH is 1. The van der Waals surface area contributed by atoms with E-state index in [0.29, 0.717) is 0 Å². The number of H-pyrrole nitrogens is 1. The predicted molar refractivity (Wildman–Crippen MR) is 97.3 cm³/mol. The first-order valence-electron chi connectivity index (χ1n) is 8.97. The molecule has 3 heterocycles. The SMILES string of the molecule is Cc1ccc2[nH]c(CCN3CCCn4nc(CO)cc4C3)nc2c1C. The second-order valence-corrected chi connectivity index (χ2v) is 6.98. The highest BCUT2D eigenvalue weighted by atomic mass is 16.3. The molecule has 0 saturated heterocycles. The Morgan fingerprint density at radius 2 is 2.12 bits per heavy atom. The monoisotopic (exact) mass is 339 g/mol. The van der Waals surface area contributed by atoms with Gasteiger partial charge in [0.25, 0.3) is 0 Å². The quantitative estimate of drug-likeness (QED) is 0.765. The number of rotatable bonds is 4. The van der Waals surface area contributed by atoms with Crippen LogP contribution in [0.1, 0.15) is 34.8 Å². The fourth-order valence-corrected chi connectivity index (χ4v) is 3.60. The van der Waals surface area contributed by atoms with E-state index in [1.807, 2.05) is 10.7 Å². The first kappa shape index (κ1) is 16.3. The zero-order chi connectivity index (χ0) is 17.4. The van der Waals surface area contributed by atoms with Crippen molar-refractivity contribution >= 4 is 11.0 Å². The first-order chi connectivity index (χ1) is 12.1. The number of aryl methyl sites for hydroxylation is 3. The van der Waals surface area contributed by atoms with Gasteiger partial charge < -0.3 is 10.1 Å². The molecule has 0 fully saturated rings. The largest absolute Gasteiger partial charge is 0.390 e. The number of nitrogens with zero attached hydrogens (tertiary/aromatic N) is 4. The number of benzene rings is 1. The van der Waals surface area contributed by atoms with Gasteiger partial charge in [0.05, 0.1) is 29.0 Å². The molecule has 0 unspecified atom stereocenters. The lowest BCUT2D eigenvalue weighted by Gasteiger charge is -2.18. The molecule has 25 heavy (non-hydrogen) atoms. The van der Waals surface area contributed by atoms with Crippen LogP contribution in [0.15, 0.2) is 18.2 Å². The van der Waals surface area contributed by atoms with E-state index in [-0.39, 0.29) is 6.61 Å². The van der Waals surface area contributed by atoms with Crippen LogP contribution in [0, 0.1) is 13.8 Å². The molecule has 0 bridgehead atoms. The molecule has 0 aliphatic carbocycles. The van der Waals surface area contributed by atoms with Crippen molar-refractivity contribution in [3.05, 3.63) is 46.5 Å². The average Bonchev–Trinajstić information content (AvgIpc) is 3.15. The van der Waals surface area contributed by atoms with Gasteiger partial charge in [-0.05, 0) is 43.5 Å². The number of nitrogens with one attached hydrogen (secondary N) is 1. The van der Waals surface area contributed by atoms with Crippen molar-refractivity contribution in [1.29, 1.82) is 0 Å². The summed E-state index contributed by atoms with van der Waals surface area (Å²) in [5, 5.41) is 13.7. The Balaban J connectivity index is 1.46. The summed E-state index contributed by atoms with van der Waals surface area (Å²) in [6.45, 7) is 8.12. The summed E-state index contributed by atoms with van der Waals surface area (Å²) in [7, 11) is 0. The molecule has 6 heteroatoms. The lowest BCUT2D eigenvalue weighted by Crippen LogP contribution is -2.26. The Hall–Kier alpha value is -2.18. The first-order valence-corrected chi connectivity index (χ1v) is 8.97. The Bertz CT molecular complexity index is 895. The van der Waals surface area contributed by atoms with E-state index in [2.05, 4.69) is 41.0 Å². The number of fused-ring (bicyclic) bond motifs is 2. The minimum absolute atomic E-state index is 0.0117. The summed E-state index contributed by atoms with van der Waals surface area (Å²) in [6.07, 6.45) is 1.99. The number of aromatic nitrogens is 4. The summed E-state index contributed by atoms with van der Waals surface area (Å²) in [5.41, 5.74) is 6.72. The van der Waals surface area contributed by atoms with Gasteiger partial charge in [0.15, 0.2) is 0 Å². The van der Waals surface area contributed by atoms with E-state index >= 15 is 0 Å². The van der Waals surface area contributed by atoms with Crippen LogP contribution in [0.3, 0.4) is 0 Å². The zero-order valence-corrected chi connectivity index (χ0v) is 14.9. The fraction of sp³-hybridized carbons (Fsp3) is 0.474. The Labute approximate surface area is 147 Å². The molecular weight excluding hydrogens is 314 g/mol. The summed E-state index contributed by atoms with van der Waals surface area (Å²) in [4.78, 5) is 10.7. The number of imidazole rings is 1. The third-order valence-electron chi connectivity index (χ3n) is 5.20. The molecule has 0 spiro atoms. The van der Waals surface area contributed by atoms with Crippen molar-refractivity contribution < 1.29 is 5.11 Å². The van der Waals surface area contributed by atoms with Crippen LogP contribution in [0.2, 0.25) is 0 Å². The smallest absolute Gasteiger partial charge is 0.108 e. The van der Waals surface area contributed by atoms with Crippen LogP contribution in [0.5, 0.6) is 0 Å². The van der Waals surface area contributed by atoms with Crippen LogP contribution in [-0.4, -0.2) is 42.8 Å². The van der Waals surface area contributed by atoms with Gasteiger partial charge in [-0.2, -0.15) is 5.10 Å². The number of hydrogen-bond acceptors (Lipinski definition) is 4. The molecule has 0 radical (unpaired) electrons. The van der Waals surface area contributed by atoms with Crippen molar-refractivity contribution in [3.8, 4) is 0 Å². The molecule has 0 saturated carbocycles. The highest BCUT2D eigenvalue weighted by Crippen LogP contribution is 2.20. The van der Waals surface area contributed by atoms with Gasteiger partial charge in [0.1, 0.15) is 5.82 Å². The standard InChI is InChI=1S/C19H25N5O/c1-13-4-5-17-19(14(13)2)21-18(20-17)6-9-23-7-3-8-24-16(11-23)10-15(12-25)22-24/h4-5,10,25H,3,6-9,11-12H2,1-2H3,(H,20,21). The van der Waals surface area contributed by atoms with E-state index < -0.39 is 0 Å². The summed E-state index contributed by atoms with van der Waals surface area (Å²) >= 11 is 0. The minimum Gasteiger partial charge on any atom is -0.390 e. The number of aliphatic hydroxyl groups is 1. The molecule has 2 aromatic heterocycles. The third-order valence-corrected chi connectivity index (χ3v) is 5.20. The molecule has 2 N–H and O–H groups in total. The van der Waals surface area contributed by atoms with E-state index in [0.717, 1.165) is 61.6 Å². The molecule has 1 aromatic carbocycles. The number of aromatic amines is 1. The molecule has 1 aliphatic rings. The summed E-state index contributed by atoms with van der Waals surface area (Å²) in [6, 6.07) is 6.29. The maximum absolute atomic E-state index is 9.28. The molecule has 0 amide bonds. The van der Waals surface area contributed by atoms with E-state index in [9.17, 15) is 5.11 Å². The zero-order valence-electron chi connectivity index (χ0n) is 14.9. The minimum atomic E-state index is 0.0117. The van der Waals surface area contributed by atoms with Gasteiger partial charge in [-0.25, -0.2) is 4.98 Å². The predicted octanol–water partition coefficient (Wildman–Crippen LogP) is 2.32. The second-order valence-electron chi connectivity index (χ2n) is 6.98. The second kappa shape index (κ2) is 6.61. The number of hydrogen-bond donors (Lipinski definition) is 2. The topological polar surface area (TPSA) is 70.0 Å². The third kappa shape index (κ3) is 3.19. The van der Waals surface area contributed by atoms with Gasteiger partial charge in [0, 0.05) is 32.6 Å². The van der Waals surface area contributed by atoms with Crippen molar-refractivity contribution in [2.75, 3.05) is 13.1 Å². The average molecular weight is 339 g/mol. The van der Waals surface area contributed by atoms with Crippen molar-refractivity contribution in [1.82, 2.24) is 24.6 Å². The normalized spacial score (nSPS) is 15.5. The Kier molecular flexibility index (Phi) is 4.31. The molecule has 3 aromatic rings. The lowest BCUT2D eigenvalue weighted by atomic mass is 10.1. The van der Waals surface area contributed by atoms with E-state index in [1.54, 1.807) is 0 Å².